The molecule has 182 valence electrons. The summed E-state index contributed by atoms with van der Waals surface area (Å²) in [6.07, 6.45) is 4.24. The summed E-state index contributed by atoms with van der Waals surface area (Å²) >= 11 is 12.5. The van der Waals surface area contributed by atoms with Crippen LogP contribution in [0.1, 0.15) is 39.3 Å². The second-order valence-electron chi connectivity index (χ2n) is 7.48. The standard InChI is InChI=1S/C21H25Cl2N3.C4H4O4/c1-4-12-25(13-5-2)21-18(6-3)24-26-19(8-7-9-20(21)26)16-11-10-15(22)14-17(16)23;5-3(6)1-2-4(7)8/h7-11,14H,4-6,12-13H2,1-3H3;1-2H,(H,5,6)(H,7,8)/b;2-1-. The number of aliphatic carboxylic acids is 2. The Bertz CT molecular complexity index is 1150. The highest BCUT2D eigenvalue weighted by Crippen LogP contribution is 2.34. The molecule has 9 heteroatoms. The fraction of sp³-hybridized carbons (Fsp3) is 0.320. The SMILES string of the molecule is CCCN(CCC)c1c(CC)nn2c(-c3ccc(Cl)cc3Cl)cccc12.O=C(O)/C=C\C(=O)O. The van der Waals surface area contributed by atoms with Crippen molar-refractivity contribution < 1.29 is 19.8 Å². The quantitative estimate of drug-likeness (QED) is 0.335. The lowest BCUT2D eigenvalue weighted by atomic mass is 10.1. The molecule has 0 spiro atoms. The van der Waals surface area contributed by atoms with Gasteiger partial charge in [0.05, 0.1) is 27.6 Å². The van der Waals surface area contributed by atoms with Gasteiger partial charge in [-0.1, -0.05) is 50.0 Å². The number of carboxylic acids is 2. The van der Waals surface area contributed by atoms with E-state index in [9.17, 15) is 9.59 Å². The van der Waals surface area contributed by atoms with Crippen molar-refractivity contribution in [2.75, 3.05) is 18.0 Å². The number of aromatic nitrogens is 2. The van der Waals surface area contributed by atoms with Gasteiger partial charge in [-0.25, -0.2) is 14.1 Å². The molecule has 0 fully saturated rings. The summed E-state index contributed by atoms with van der Waals surface area (Å²) in [6.45, 7) is 8.68. The second kappa shape index (κ2) is 13.0. The van der Waals surface area contributed by atoms with Gasteiger partial charge in [0, 0.05) is 35.8 Å². The number of aryl methyl sites for hydroxylation is 1. The van der Waals surface area contributed by atoms with Crippen molar-refractivity contribution >= 4 is 46.3 Å². The Morgan fingerprint density at radius 2 is 1.62 bits per heavy atom. The fourth-order valence-electron chi connectivity index (χ4n) is 3.61. The Kier molecular flexibility index (Phi) is 10.4. The number of pyridine rings is 1. The highest BCUT2D eigenvalue weighted by molar-refractivity contribution is 6.36. The van der Waals surface area contributed by atoms with Crippen LogP contribution in [0.15, 0.2) is 48.6 Å². The first kappa shape index (κ1) is 27.2. The number of fused-ring (bicyclic) bond motifs is 1. The molecule has 0 saturated carbocycles. The highest BCUT2D eigenvalue weighted by atomic mass is 35.5. The van der Waals surface area contributed by atoms with Crippen LogP contribution in [0.3, 0.4) is 0 Å². The van der Waals surface area contributed by atoms with Crippen LogP contribution in [0.2, 0.25) is 10.0 Å². The van der Waals surface area contributed by atoms with E-state index in [0.717, 1.165) is 54.8 Å². The lowest BCUT2D eigenvalue weighted by molar-refractivity contribution is -0.134. The zero-order valence-electron chi connectivity index (χ0n) is 19.5. The van der Waals surface area contributed by atoms with Gasteiger partial charge < -0.3 is 15.1 Å². The lowest BCUT2D eigenvalue weighted by Gasteiger charge is -2.24. The zero-order chi connectivity index (χ0) is 25.3. The molecule has 0 atom stereocenters. The van der Waals surface area contributed by atoms with Crippen molar-refractivity contribution in [3.8, 4) is 11.3 Å². The van der Waals surface area contributed by atoms with Crippen LogP contribution >= 0.6 is 23.2 Å². The van der Waals surface area contributed by atoms with Crippen molar-refractivity contribution in [3.63, 3.8) is 0 Å². The molecule has 2 aromatic heterocycles. The Morgan fingerprint density at radius 3 is 2.12 bits per heavy atom. The molecule has 3 aromatic rings. The topological polar surface area (TPSA) is 95.1 Å². The fourth-order valence-corrected chi connectivity index (χ4v) is 4.11. The van der Waals surface area contributed by atoms with E-state index in [1.807, 2.05) is 16.6 Å². The van der Waals surface area contributed by atoms with Crippen LogP contribution in [-0.2, 0) is 16.0 Å². The summed E-state index contributed by atoms with van der Waals surface area (Å²) in [5, 5.41) is 21.8. The molecule has 0 aliphatic carbocycles. The minimum atomic E-state index is -1.26. The number of anilines is 1. The van der Waals surface area contributed by atoms with Crippen LogP contribution in [0.5, 0.6) is 0 Å². The molecule has 0 amide bonds. The molecular formula is C25H29Cl2N3O4. The average molecular weight is 506 g/mol. The van der Waals surface area contributed by atoms with Gasteiger partial charge in [0.1, 0.15) is 0 Å². The van der Waals surface area contributed by atoms with E-state index < -0.39 is 11.9 Å². The molecule has 0 aliphatic rings. The largest absolute Gasteiger partial charge is 0.478 e. The number of hydrogen-bond acceptors (Lipinski definition) is 4. The molecule has 0 unspecified atom stereocenters. The van der Waals surface area contributed by atoms with E-state index in [2.05, 4.69) is 43.9 Å². The zero-order valence-corrected chi connectivity index (χ0v) is 21.0. The van der Waals surface area contributed by atoms with E-state index in [0.29, 0.717) is 22.2 Å². The molecule has 7 nitrogen and oxygen atoms in total. The highest BCUT2D eigenvalue weighted by Gasteiger charge is 2.19. The molecule has 1 aromatic carbocycles. The first-order valence-corrected chi connectivity index (χ1v) is 11.8. The lowest BCUT2D eigenvalue weighted by Crippen LogP contribution is -2.25. The second-order valence-corrected chi connectivity index (χ2v) is 8.32. The van der Waals surface area contributed by atoms with E-state index >= 15 is 0 Å². The molecule has 0 bridgehead atoms. The number of halogens is 2. The van der Waals surface area contributed by atoms with Gasteiger partial charge in [-0.3, -0.25) is 0 Å². The van der Waals surface area contributed by atoms with Crippen LogP contribution in [0.4, 0.5) is 5.69 Å². The predicted octanol–water partition coefficient (Wildman–Crippen LogP) is 6.21. The monoisotopic (exact) mass is 505 g/mol. The molecule has 2 N–H and O–H groups in total. The van der Waals surface area contributed by atoms with Crippen LogP contribution in [0, 0.1) is 0 Å². The third kappa shape index (κ3) is 6.98. The number of carbonyl (C=O) groups is 2. The Labute approximate surface area is 209 Å². The van der Waals surface area contributed by atoms with Gasteiger partial charge in [0.2, 0.25) is 0 Å². The number of rotatable bonds is 9. The van der Waals surface area contributed by atoms with Gasteiger partial charge in [0.25, 0.3) is 0 Å². The molecule has 0 radical (unpaired) electrons. The molecule has 0 saturated heterocycles. The molecule has 2 heterocycles. The maximum atomic E-state index is 9.55. The number of nitrogens with zero attached hydrogens (tertiary/aromatic N) is 3. The smallest absolute Gasteiger partial charge is 0.328 e. The normalized spacial score (nSPS) is 10.9. The van der Waals surface area contributed by atoms with Crippen molar-refractivity contribution in [1.29, 1.82) is 0 Å². The molecule has 3 rings (SSSR count). The summed E-state index contributed by atoms with van der Waals surface area (Å²) in [4.78, 5) is 21.6. The predicted molar refractivity (Wildman–Crippen MR) is 137 cm³/mol. The van der Waals surface area contributed by atoms with E-state index in [1.54, 1.807) is 6.07 Å². The van der Waals surface area contributed by atoms with E-state index in [1.165, 1.54) is 5.69 Å². The Balaban J connectivity index is 0.000000440. The summed E-state index contributed by atoms with van der Waals surface area (Å²) in [7, 11) is 0. The summed E-state index contributed by atoms with van der Waals surface area (Å²) in [5.74, 6) is -2.51. The number of benzene rings is 1. The van der Waals surface area contributed by atoms with Crippen molar-refractivity contribution in [2.24, 2.45) is 0 Å². The minimum Gasteiger partial charge on any atom is -0.478 e. The Hall–Kier alpha value is -3.03. The van der Waals surface area contributed by atoms with Crippen molar-refractivity contribution in [2.45, 2.75) is 40.0 Å². The van der Waals surface area contributed by atoms with E-state index in [4.69, 9.17) is 38.5 Å². The Morgan fingerprint density at radius 1 is 1.00 bits per heavy atom. The maximum absolute atomic E-state index is 9.55. The first-order valence-electron chi connectivity index (χ1n) is 11.1. The van der Waals surface area contributed by atoms with Gasteiger partial charge in [0.15, 0.2) is 0 Å². The third-order valence-electron chi connectivity index (χ3n) is 4.91. The third-order valence-corrected chi connectivity index (χ3v) is 5.46. The van der Waals surface area contributed by atoms with Crippen molar-refractivity contribution in [1.82, 2.24) is 9.61 Å². The molecular weight excluding hydrogens is 477 g/mol. The number of carboxylic acid groups (broad SMARTS) is 2. The van der Waals surface area contributed by atoms with E-state index in [-0.39, 0.29) is 0 Å². The molecule has 0 aliphatic heterocycles. The first-order chi connectivity index (χ1) is 16.2. The van der Waals surface area contributed by atoms with Gasteiger partial charge >= 0.3 is 11.9 Å². The summed E-state index contributed by atoms with van der Waals surface area (Å²) in [5.41, 5.74) is 5.44. The molecule has 34 heavy (non-hydrogen) atoms. The van der Waals surface area contributed by atoms with Gasteiger partial charge in [-0.15, -0.1) is 0 Å². The van der Waals surface area contributed by atoms with Crippen LogP contribution in [-0.4, -0.2) is 44.9 Å². The van der Waals surface area contributed by atoms with Crippen LogP contribution < -0.4 is 4.90 Å². The van der Waals surface area contributed by atoms with Gasteiger partial charge in [-0.05, 0) is 49.6 Å². The maximum Gasteiger partial charge on any atom is 0.328 e. The minimum absolute atomic E-state index is 0.558. The summed E-state index contributed by atoms with van der Waals surface area (Å²) < 4.78 is 2.03. The number of hydrogen-bond donors (Lipinski definition) is 2. The summed E-state index contributed by atoms with van der Waals surface area (Å²) in [6, 6.07) is 11.9. The van der Waals surface area contributed by atoms with Crippen molar-refractivity contribution in [3.05, 3.63) is 64.3 Å². The van der Waals surface area contributed by atoms with Gasteiger partial charge in [-0.2, -0.15) is 5.10 Å². The average Bonchev–Trinajstić information content (AvgIpc) is 3.17. The van der Waals surface area contributed by atoms with Crippen LogP contribution in [0.25, 0.3) is 16.8 Å².